The second-order valence-electron chi connectivity index (χ2n) is 28.1. The number of anilines is 3. The molecule has 0 saturated heterocycles. The quantitative estimate of drug-likeness (QED) is 0.166. The van der Waals surface area contributed by atoms with Gasteiger partial charge in [-0.1, -0.05) is 260 Å². The van der Waals surface area contributed by atoms with Crippen molar-refractivity contribution < 1.29 is 8.83 Å². The Hall–Kier alpha value is -12.3. The van der Waals surface area contributed by atoms with Crippen molar-refractivity contribution >= 4 is 60.9 Å². The van der Waals surface area contributed by atoms with Crippen molar-refractivity contribution in [2.75, 3.05) is 4.90 Å². The first-order chi connectivity index (χ1) is 48.8. The molecule has 0 saturated carbocycles. The van der Waals surface area contributed by atoms with E-state index in [1.165, 1.54) is 150 Å². The van der Waals surface area contributed by atoms with Crippen molar-refractivity contribution in [2.45, 2.75) is 37.0 Å². The van der Waals surface area contributed by atoms with Crippen LogP contribution in [0.2, 0.25) is 0 Å². The van der Waals surface area contributed by atoms with Crippen molar-refractivity contribution in [3.05, 3.63) is 399 Å². The Morgan fingerprint density at radius 1 is 0.263 bits per heavy atom. The Bertz CT molecular complexity index is 6250. The molecule has 3 heteroatoms. The van der Waals surface area contributed by atoms with E-state index < -0.39 is 16.2 Å². The lowest BCUT2D eigenvalue weighted by Gasteiger charge is -2.36. The number of aryl methyl sites for hydroxylation is 3. The van der Waals surface area contributed by atoms with Crippen molar-refractivity contribution in [3.8, 4) is 66.8 Å². The number of nitrogens with zero attached hydrogens (tertiary/aromatic N) is 1. The minimum Gasteiger partial charge on any atom is -0.456 e. The molecule has 0 N–H and O–H groups in total. The topological polar surface area (TPSA) is 29.5 Å². The molecular formula is C96H61NO2. The summed E-state index contributed by atoms with van der Waals surface area (Å²) in [7, 11) is 0. The van der Waals surface area contributed by atoms with Gasteiger partial charge in [0.05, 0.1) is 21.9 Å². The zero-order chi connectivity index (χ0) is 65.2. The molecule has 0 aliphatic heterocycles. The van der Waals surface area contributed by atoms with Gasteiger partial charge in [0.15, 0.2) is 0 Å². The van der Waals surface area contributed by atoms with Gasteiger partial charge in [0.1, 0.15) is 22.3 Å². The third kappa shape index (κ3) is 6.82. The number of fused-ring (bicyclic) bond motifs is 31. The highest BCUT2D eigenvalue weighted by atomic mass is 16.3. The lowest BCUT2D eigenvalue weighted by Crippen LogP contribution is -2.29. The van der Waals surface area contributed by atoms with Gasteiger partial charge in [-0.15, -0.1) is 0 Å². The van der Waals surface area contributed by atoms with Gasteiger partial charge in [-0.2, -0.15) is 0 Å². The molecule has 0 amide bonds. The fourth-order valence-electron chi connectivity index (χ4n) is 19.9. The van der Waals surface area contributed by atoms with Crippen LogP contribution in [0.25, 0.3) is 111 Å². The number of hydrogen-bond donors (Lipinski definition) is 0. The van der Waals surface area contributed by atoms with E-state index in [-0.39, 0.29) is 0 Å². The van der Waals surface area contributed by atoms with E-state index in [1.807, 2.05) is 0 Å². The van der Waals surface area contributed by atoms with E-state index >= 15 is 0 Å². The first-order valence-corrected chi connectivity index (χ1v) is 34.7. The van der Waals surface area contributed by atoms with Crippen molar-refractivity contribution in [1.82, 2.24) is 0 Å². The molecule has 0 fully saturated rings. The van der Waals surface area contributed by atoms with Gasteiger partial charge in [-0.3, -0.25) is 0 Å². The summed E-state index contributed by atoms with van der Waals surface area (Å²) >= 11 is 0. The number of rotatable bonds is 6. The average Bonchev–Trinajstić information content (AvgIpc) is 1.49. The van der Waals surface area contributed by atoms with Gasteiger partial charge in [-0.25, -0.2) is 0 Å². The molecule has 22 rings (SSSR count). The summed E-state index contributed by atoms with van der Waals surface area (Å²) in [5, 5.41) is 4.54. The predicted molar refractivity (Wildman–Crippen MR) is 405 cm³/mol. The van der Waals surface area contributed by atoms with Crippen LogP contribution >= 0.6 is 0 Å². The Balaban J connectivity index is 0.845. The van der Waals surface area contributed by atoms with Gasteiger partial charge in [0.25, 0.3) is 0 Å². The monoisotopic (exact) mass is 1260 g/mol. The van der Waals surface area contributed by atoms with E-state index in [9.17, 15) is 0 Å². The molecule has 0 unspecified atom stereocenters. The number of benzene rings is 15. The van der Waals surface area contributed by atoms with Crippen LogP contribution < -0.4 is 4.90 Å². The van der Waals surface area contributed by atoms with Gasteiger partial charge in [0, 0.05) is 38.5 Å². The van der Waals surface area contributed by atoms with Gasteiger partial charge in [0.2, 0.25) is 0 Å². The molecule has 462 valence electrons. The van der Waals surface area contributed by atoms with E-state index in [4.69, 9.17) is 8.83 Å². The maximum atomic E-state index is 7.12. The molecule has 0 radical (unpaired) electrons. The van der Waals surface area contributed by atoms with Gasteiger partial charge >= 0.3 is 0 Å². The van der Waals surface area contributed by atoms with E-state index in [1.54, 1.807) is 0 Å². The SMILES string of the molecule is Cc1cc(C)c(N(c2ccc3c(c2)C(c2ccccc2)(c2ccccc2)c2cc(-c4ccccc4)c4oc5ccccc5c4c2-3)c2ccc3c(c2)C2(c4ccccc4-c4ccccc42)c2cc4c(cc2-3)C2(c3ccccc3-c3ccccc32)c2ccc3oc5ccccc5c3c2-4)c(C)c1. The molecule has 3 nitrogen and oxygen atoms in total. The molecule has 17 aromatic rings. The molecule has 5 aliphatic rings. The second-order valence-corrected chi connectivity index (χ2v) is 28.1. The Morgan fingerprint density at radius 3 is 1.27 bits per heavy atom. The number of para-hydroxylation sites is 2. The fraction of sp³-hybridized carbons (Fsp3) is 0.0625. The Morgan fingerprint density at radius 2 is 0.687 bits per heavy atom. The highest BCUT2D eigenvalue weighted by molar-refractivity contribution is 6.20. The molecule has 2 heterocycles. The summed E-state index contributed by atoms with van der Waals surface area (Å²) in [6.07, 6.45) is 0. The summed E-state index contributed by atoms with van der Waals surface area (Å²) in [5.74, 6) is 0. The van der Waals surface area contributed by atoms with Crippen LogP contribution in [0.15, 0.2) is 324 Å². The smallest absolute Gasteiger partial charge is 0.143 e. The Labute approximate surface area is 573 Å². The van der Waals surface area contributed by atoms with Crippen molar-refractivity contribution in [3.63, 3.8) is 0 Å². The second kappa shape index (κ2) is 19.7. The first-order valence-electron chi connectivity index (χ1n) is 34.7. The lowest BCUT2D eigenvalue weighted by atomic mass is 9.67. The fourth-order valence-corrected chi connectivity index (χ4v) is 19.9. The third-order valence-electron chi connectivity index (χ3n) is 23.4. The number of furan rings is 2. The summed E-state index contributed by atoms with van der Waals surface area (Å²) in [4.78, 5) is 2.61. The van der Waals surface area contributed by atoms with E-state index in [2.05, 4.69) is 341 Å². The van der Waals surface area contributed by atoms with Crippen LogP contribution in [-0.2, 0) is 16.2 Å². The van der Waals surface area contributed by atoms with Crippen LogP contribution in [0.1, 0.15) is 83.5 Å². The molecule has 2 spiro atoms. The molecule has 2 aromatic heterocycles. The zero-order valence-corrected chi connectivity index (χ0v) is 54.8. The molecular weight excluding hydrogens is 1200 g/mol. The largest absolute Gasteiger partial charge is 0.456 e. The van der Waals surface area contributed by atoms with Crippen LogP contribution in [0, 0.1) is 20.8 Å². The standard InChI is InChI=1S/C96H61NO2/c1-56-49-57(2)92(58(3)50-56)97(63-44-46-69-81(52-63)94(60-27-9-5-10-28-60,61-29-11-6-12-30-61)84-53-72(59-25-7-4-8-26-59)93-91(88(69)84)71-36-18-24-42-86(71)99-93)62-43-45-68-73-54-83-74(55-82(73)96(80(68)51-62)77-39-21-15-33-66(77)67-34-16-22-40-78(67)96)89-79(47-48-87-90(89)70-35-17-23-41-85(70)98-87)95(83)75-37-19-13-31-64(75)65-32-14-20-38-76(65)95/h4-55H,1-3H3. The van der Waals surface area contributed by atoms with Crippen LogP contribution in [0.4, 0.5) is 17.1 Å². The molecule has 0 atom stereocenters. The lowest BCUT2D eigenvalue weighted by molar-refractivity contribution is 0.668. The summed E-state index contributed by atoms with van der Waals surface area (Å²) in [6.45, 7) is 6.84. The van der Waals surface area contributed by atoms with E-state index in [0.29, 0.717) is 0 Å². The predicted octanol–water partition coefficient (Wildman–Crippen LogP) is 24.6. The highest BCUT2D eigenvalue weighted by Gasteiger charge is 2.57. The highest BCUT2D eigenvalue weighted by Crippen LogP contribution is 2.70. The first kappa shape index (κ1) is 54.9. The third-order valence-corrected chi connectivity index (χ3v) is 23.4. The normalized spacial score (nSPS) is 14.5. The van der Waals surface area contributed by atoms with Crippen molar-refractivity contribution in [1.29, 1.82) is 0 Å². The average molecular weight is 1260 g/mol. The van der Waals surface area contributed by atoms with Crippen molar-refractivity contribution in [2.24, 2.45) is 0 Å². The van der Waals surface area contributed by atoms with Crippen LogP contribution in [0.5, 0.6) is 0 Å². The van der Waals surface area contributed by atoms with Gasteiger partial charge < -0.3 is 13.7 Å². The summed E-state index contributed by atoms with van der Waals surface area (Å²) in [6, 6.07) is 120. The molecule has 15 aromatic carbocycles. The number of hydrogen-bond acceptors (Lipinski definition) is 3. The van der Waals surface area contributed by atoms with E-state index in [0.717, 1.165) is 61.0 Å². The minimum absolute atomic E-state index is 0.611. The maximum absolute atomic E-state index is 7.12. The van der Waals surface area contributed by atoms with Crippen LogP contribution in [-0.4, -0.2) is 0 Å². The summed E-state index contributed by atoms with van der Waals surface area (Å²) in [5.41, 5.74) is 38.4. The maximum Gasteiger partial charge on any atom is 0.143 e. The van der Waals surface area contributed by atoms with Gasteiger partial charge in [-0.05, 0) is 221 Å². The molecule has 99 heavy (non-hydrogen) atoms. The summed E-state index contributed by atoms with van der Waals surface area (Å²) < 4.78 is 14.0. The van der Waals surface area contributed by atoms with Crippen LogP contribution in [0.3, 0.4) is 0 Å². The zero-order valence-electron chi connectivity index (χ0n) is 54.8. The molecule has 0 bridgehead atoms. The Kier molecular flexibility index (Phi) is 10.9. The molecule has 5 aliphatic carbocycles. The minimum atomic E-state index is -0.770.